The lowest BCUT2D eigenvalue weighted by molar-refractivity contribution is 0.0517. The predicted octanol–water partition coefficient (Wildman–Crippen LogP) is 5.38. The number of hydrogen-bond donors (Lipinski definition) is 1. The fraction of sp³-hybridized carbons (Fsp3) is 0.684. The van der Waals surface area contributed by atoms with Crippen molar-refractivity contribution in [1.29, 1.82) is 0 Å². The van der Waals surface area contributed by atoms with Gasteiger partial charge in [0.2, 0.25) is 0 Å². The van der Waals surface area contributed by atoms with E-state index < -0.39 is 21.0 Å². The molecular weight excluding hydrogens is 316 g/mol. The third kappa shape index (κ3) is 5.02. The number of aliphatic hydroxyl groups is 1. The molecule has 2 fully saturated rings. The van der Waals surface area contributed by atoms with Crippen molar-refractivity contribution >= 4 is 15.4 Å². The van der Waals surface area contributed by atoms with Crippen LogP contribution in [0.4, 0.5) is 0 Å². The zero-order chi connectivity index (χ0) is 17.8. The quantitative estimate of drug-likeness (QED) is 0.546. The van der Waals surface area contributed by atoms with E-state index in [2.05, 4.69) is 45.9 Å². The van der Waals surface area contributed by atoms with Crippen LogP contribution in [0.1, 0.15) is 38.5 Å². The first kappa shape index (κ1) is 20.6. The highest BCUT2D eigenvalue weighted by atomic mass is 29.3. The van der Waals surface area contributed by atoms with Crippen molar-refractivity contribution in [2.45, 2.75) is 82.0 Å². The number of hydrogen-bond acceptors (Lipinski definition) is 2. The summed E-state index contributed by atoms with van der Waals surface area (Å²) in [5.41, 5.74) is -0.740. The Morgan fingerprint density at radius 1 is 0.870 bits per heavy atom. The Bertz CT molecular complexity index is 427. The molecule has 0 spiro atoms. The normalized spacial score (nSPS) is 27.0. The van der Waals surface area contributed by atoms with Crippen LogP contribution in [0, 0.1) is 0 Å². The van der Waals surface area contributed by atoms with Crippen LogP contribution in [-0.4, -0.2) is 31.7 Å². The van der Waals surface area contributed by atoms with E-state index in [1.807, 2.05) is 12.2 Å². The molecular formula is C19H36O2Si2. The largest absolute Gasteiger partial charge is 0.408 e. The minimum absolute atomic E-state index is 0.224. The molecule has 0 aromatic rings. The van der Waals surface area contributed by atoms with Gasteiger partial charge in [0, 0.05) is 0 Å². The third-order valence-corrected chi connectivity index (χ3v) is 22.5. The van der Waals surface area contributed by atoms with Crippen LogP contribution in [0.25, 0.3) is 0 Å². The van der Waals surface area contributed by atoms with E-state index in [0.717, 1.165) is 32.1 Å². The fourth-order valence-electron chi connectivity index (χ4n) is 3.21. The summed E-state index contributed by atoms with van der Waals surface area (Å²) in [5.74, 6) is 0. The van der Waals surface area contributed by atoms with Crippen molar-refractivity contribution in [1.82, 2.24) is 0 Å². The summed E-state index contributed by atoms with van der Waals surface area (Å²) in [6.07, 6.45) is 12.0. The van der Waals surface area contributed by atoms with Crippen molar-refractivity contribution in [2.24, 2.45) is 0 Å². The van der Waals surface area contributed by atoms with E-state index in [-0.39, 0.29) is 5.60 Å². The summed E-state index contributed by atoms with van der Waals surface area (Å²) in [6, 6.07) is 1.34. The fourth-order valence-corrected chi connectivity index (χ4v) is 9.91. The molecule has 132 valence electrons. The maximum absolute atomic E-state index is 9.56. The van der Waals surface area contributed by atoms with Crippen LogP contribution in [0.2, 0.25) is 32.2 Å². The van der Waals surface area contributed by atoms with Gasteiger partial charge in [0.05, 0.1) is 18.8 Å². The Balaban J connectivity index is 0.000000253. The smallest absolute Gasteiger partial charge is 0.175 e. The molecule has 0 unspecified atom stereocenters. The van der Waals surface area contributed by atoms with E-state index in [1.165, 1.54) is 12.5 Å². The molecule has 2 nitrogen and oxygen atoms in total. The maximum atomic E-state index is 9.56. The van der Waals surface area contributed by atoms with Crippen molar-refractivity contribution in [2.75, 3.05) is 0 Å². The summed E-state index contributed by atoms with van der Waals surface area (Å²) in [7, 11) is -2.62. The van der Waals surface area contributed by atoms with Gasteiger partial charge in [-0.2, -0.15) is 0 Å². The molecule has 1 aliphatic carbocycles. The first-order chi connectivity index (χ1) is 10.6. The van der Waals surface area contributed by atoms with Gasteiger partial charge in [0.25, 0.3) is 0 Å². The molecule has 0 aromatic heterocycles. The average Bonchev–Trinajstić information content (AvgIpc) is 2.52. The zero-order valence-electron chi connectivity index (χ0n) is 15.7. The van der Waals surface area contributed by atoms with E-state index in [9.17, 15) is 5.11 Å². The molecule has 0 aromatic carbocycles. The van der Waals surface area contributed by atoms with E-state index >= 15 is 0 Å². The highest BCUT2D eigenvalue weighted by Crippen LogP contribution is 2.40. The molecule has 2 rings (SSSR count). The lowest BCUT2D eigenvalue weighted by Crippen LogP contribution is -2.64. The monoisotopic (exact) mass is 352 g/mol. The second-order valence-electron chi connectivity index (χ2n) is 8.23. The minimum Gasteiger partial charge on any atom is -0.408 e. The molecule has 0 atom stereocenters. The molecule has 1 aliphatic heterocycles. The van der Waals surface area contributed by atoms with Gasteiger partial charge >= 0.3 is 0 Å². The molecule has 1 N–H and O–H groups in total. The predicted molar refractivity (Wildman–Crippen MR) is 107 cm³/mol. The van der Waals surface area contributed by atoms with E-state index in [0.29, 0.717) is 0 Å². The zero-order valence-corrected chi connectivity index (χ0v) is 17.7. The van der Waals surface area contributed by atoms with Gasteiger partial charge in [0.1, 0.15) is 0 Å². The third-order valence-electron chi connectivity index (χ3n) is 6.01. The molecule has 4 heteroatoms. The van der Waals surface area contributed by atoms with Crippen LogP contribution < -0.4 is 0 Å². The molecule has 1 saturated carbocycles. The van der Waals surface area contributed by atoms with Crippen LogP contribution in [-0.2, 0) is 4.43 Å². The van der Waals surface area contributed by atoms with Crippen LogP contribution in [0.3, 0.4) is 0 Å². The standard InChI is InChI=1S/C11H22OSi2.C8H14O/c1-7-11(8-2)9-10-13(3,4)14(5,6)12-11;1-2-8(9)6-4-3-5-7-8/h7-8H,1-2,9-10H2,3-6H3;2,9H,1,3-7H2. The Morgan fingerprint density at radius 3 is 1.74 bits per heavy atom. The minimum atomic E-state index is -1.50. The van der Waals surface area contributed by atoms with E-state index in [1.54, 1.807) is 6.08 Å². The van der Waals surface area contributed by atoms with Gasteiger partial charge in [-0.25, -0.2) is 0 Å². The van der Waals surface area contributed by atoms with Crippen molar-refractivity contribution in [3.05, 3.63) is 38.0 Å². The summed E-state index contributed by atoms with van der Waals surface area (Å²) in [4.78, 5) is 0. The van der Waals surface area contributed by atoms with Crippen molar-refractivity contribution in [3.8, 4) is 0 Å². The van der Waals surface area contributed by atoms with Gasteiger partial charge in [-0.3, -0.25) is 0 Å². The van der Waals surface area contributed by atoms with Crippen molar-refractivity contribution < 1.29 is 9.53 Å². The molecule has 0 radical (unpaired) electrons. The van der Waals surface area contributed by atoms with Crippen LogP contribution >= 0.6 is 0 Å². The van der Waals surface area contributed by atoms with Gasteiger partial charge < -0.3 is 9.53 Å². The topological polar surface area (TPSA) is 29.5 Å². The Hall–Kier alpha value is -0.426. The summed E-state index contributed by atoms with van der Waals surface area (Å²) in [5, 5.41) is 9.56. The first-order valence-corrected chi connectivity index (χ1v) is 16.0. The molecule has 1 heterocycles. The van der Waals surface area contributed by atoms with Gasteiger partial charge in [0.15, 0.2) is 7.83 Å². The van der Waals surface area contributed by atoms with Crippen LogP contribution in [0.15, 0.2) is 38.0 Å². The Labute approximate surface area is 145 Å². The van der Waals surface area contributed by atoms with Gasteiger partial charge in [-0.15, -0.1) is 6.58 Å². The lowest BCUT2D eigenvalue weighted by Gasteiger charge is -2.50. The molecule has 2 aliphatic rings. The maximum Gasteiger partial charge on any atom is 0.175 e. The molecule has 0 bridgehead atoms. The second kappa shape index (κ2) is 7.64. The molecule has 23 heavy (non-hydrogen) atoms. The number of rotatable bonds is 3. The SMILES string of the molecule is C=CC1(C=C)CC[Si](C)(C)[Si](C)(C)O1.C=CC1(O)CCCCC1. The average molecular weight is 353 g/mol. The lowest BCUT2D eigenvalue weighted by atomic mass is 9.85. The Morgan fingerprint density at radius 2 is 1.39 bits per heavy atom. The highest BCUT2D eigenvalue weighted by Gasteiger charge is 2.51. The summed E-state index contributed by atoms with van der Waals surface area (Å²) >= 11 is 0. The van der Waals surface area contributed by atoms with Gasteiger partial charge in [-0.1, -0.05) is 69.8 Å². The highest BCUT2D eigenvalue weighted by molar-refractivity contribution is 7.38. The van der Waals surface area contributed by atoms with E-state index in [4.69, 9.17) is 4.43 Å². The Kier molecular flexibility index (Phi) is 6.85. The molecule has 0 amide bonds. The summed E-state index contributed by atoms with van der Waals surface area (Å²) < 4.78 is 6.34. The van der Waals surface area contributed by atoms with Gasteiger partial charge in [-0.05, 0) is 32.4 Å². The molecule has 1 saturated heterocycles. The first-order valence-electron chi connectivity index (χ1n) is 8.89. The van der Waals surface area contributed by atoms with Crippen molar-refractivity contribution in [3.63, 3.8) is 0 Å². The summed E-state index contributed by atoms with van der Waals surface area (Å²) in [6.45, 7) is 21.0. The van der Waals surface area contributed by atoms with Crippen LogP contribution in [0.5, 0.6) is 0 Å². The second-order valence-corrected chi connectivity index (χ2v) is 23.4.